The van der Waals surface area contributed by atoms with E-state index in [1.165, 1.54) is 32.3 Å². The summed E-state index contributed by atoms with van der Waals surface area (Å²) in [6, 6.07) is 7.54. The molecule has 1 aromatic carbocycles. The van der Waals surface area contributed by atoms with Crippen LogP contribution in [-0.4, -0.2) is 53.2 Å². The molecular weight excluding hydrogens is 427 g/mol. The maximum atomic E-state index is 13.1. The lowest BCUT2D eigenvalue weighted by atomic mass is 10.1. The minimum Gasteiger partial charge on any atom is -0.505 e. The smallest absolute Gasteiger partial charge is 0.265 e. The first-order chi connectivity index (χ1) is 14.5. The third kappa shape index (κ3) is 4.89. The van der Waals surface area contributed by atoms with Crippen LogP contribution in [0.5, 0.6) is 5.75 Å². The molecule has 0 radical (unpaired) electrons. The summed E-state index contributed by atoms with van der Waals surface area (Å²) in [6.45, 7) is 1.42. The van der Waals surface area contributed by atoms with Crippen molar-refractivity contribution in [2.45, 2.75) is 19.5 Å². The number of aromatic nitrogens is 2. The normalized spacial score (nSPS) is 12.8. The fourth-order valence-corrected chi connectivity index (χ4v) is 3.62. The molecule has 1 amide bonds. The van der Waals surface area contributed by atoms with Crippen molar-refractivity contribution in [1.29, 1.82) is 0 Å². The minimum atomic E-state index is -3.58. The van der Waals surface area contributed by atoms with Crippen LogP contribution in [0.4, 0.5) is 4.39 Å². The van der Waals surface area contributed by atoms with Gasteiger partial charge < -0.3 is 15.4 Å². The molecule has 2 heterocycles. The van der Waals surface area contributed by atoms with Crippen molar-refractivity contribution in [3.05, 3.63) is 69.4 Å². The summed E-state index contributed by atoms with van der Waals surface area (Å²) < 4.78 is 37.2. The molecule has 3 aromatic rings. The number of pyridine rings is 2. The van der Waals surface area contributed by atoms with Gasteiger partial charge in [0.25, 0.3) is 11.5 Å². The monoisotopic (exact) mass is 448 g/mol. The van der Waals surface area contributed by atoms with Crippen molar-refractivity contribution >= 4 is 27.0 Å². The van der Waals surface area contributed by atoms with Crippen molar-refractivity contribution in [3.8, 4) is 5.75 Å². The van der Waals surface area contributed by atoms with E-state index in [9.17, 15) is 27.5 Å². The number of benzene rings is 1. The predicted octanol–water partition coefficient (Wildman–Crippen LogP) is 1.33. The van der Waals surface area contributed by atoms with Gasteiger partial charge in [-0.15, -0.1) is 0 Å². The zero-order valence-electron chi connectivity index (χ0n) is 17.0. The molecule has 0 fully saturated rings. The van der Waals surface area contributed by atoms with Crippen molar-refractivity contribution in [2.24, 2.45) is 0 Å². The number of amides is 1. The maximum absolute atomic E-state index is 13.1. The zero-order valence-corrected chi connectivity index (χ0v) is 17.8. The molecule has 0 aliphatic carbocycles. The molecule has 1 atom stereocenters. The van der Waals surface area contributed by atoms with Gasteiger partial charge in [-0.3, -0.25) is 14.6 Å². The van der Waals surface area contributed by atoms with Gasteiger partial charge in [-0.05, 0) is 42.7 Å². The third-order valence-corrected chi connectivity index (χ3v) is 6.20. The number of sulfonamides is 1. The second-order valence-corrected chi connectivity index (χ2v) is 9.19. The number of carbonyl (C=O) groups excluding carboxylic acids is 1. The van der Waals surface area contributed by atoms with Gasteiger partial charge in [0.05, 0.1) is 17.9 Å². The highest BCUT2D eigenvalue weighted by Crippen LogP contribution is 2.24. The number of nitrogens with zero attached hydrogens (tertiary/aromatic N) is 2. The largest absolute Gasteiger partial charge is 0.505 e. The van der Waals surface area contributed by atoms with Gasteiger partial charge in [-0.1, -0.05) is 12.1 Å². The number of rotatable bonds is 6. The Labute approximate surface area is 177 Å². The van der Waals surface area contributed by atoms with Crippen LogP contribution in [0.3, 0.4) is 0 Å². The summed E-state index contributed by atoms with van der Waals surface area (Å²) in [6.07, 6.45) is 1.92. The molecule has 0 aliphatic heterocycles. The Bertz CT molecular complexity index is 1310. The van der Waals surface area contributed by atoms with Gasteiger partial charge >= 0.3 is 0 Å². The lowest BCUT2D eigenvalue weighted by Gasteiger charge is -2.23. The molecule has 3 N–H and O–H groups in total. The quantitative estimate of drug-likeness (QED) is 0.488. The van der Waals surface area contributed by atoms with Crippen LogP contribution < -0.4 is 10.9 Å². The van der Waals surface area contributed by atoms with Crippen molar-refractivity contribution < 1.29 is 22.7 Å². The average Bonchev–Trinajstić information content (AvgIpc) is 2.68. The van der Waals surface area contributed by atoms with E-state index < -0.39 is 39.0 Å². The number of hydrogen-bond acceptors (Lipinski definition) is 6. The van der Waals surface area contributed by atoms with Gasteiger partial charge in [0.2, 0.25) is 10.0 Å². The molecule has 0 aliphatic rings. The number of fused-ring (bicyclic) bond motifs is 1. The van der Waals surface area contributed by atoms with E-state index in [1.54, 1.807) is 18.2 Å². The molecule has 11 heteroatoms. The molecule has 0 saturated heterocycles. The first-order valence-corrected chi connectivity index (χ1v) is 11.0. The summed E-state index contributed by atoms with van der Waals surface area (Å²) in [5.74, 6) is -1.91. The number of nitrogens with one attached hydrogen (secondary N) is 2. The fraction of sp³-hybridized carbons (Fsp3) is 0.250. The summed E-state index contributed by atoms with van der Waals surface area (Å²) >= 11 is 0. The Morgan fingerprint density at radius 2 is 1.94 bits per heavy atom. The Hall–Kier alpha value is -3.31. The summed E-state index contributed by atoms with van der Waals surface area (Å²) in [5, 5.41) is 12.9. The summed E-state index contributed by atoms with van der Waals surface area (Å²) in [7, 11) is -2.31. The first kappa shape index (κ1) is 22.4. The van der Waals surface area contributed by atoms with E-state index in [1.807, 2.05) is 0 Å². The van der Waals surface area contributed by atoms with E-state index in [0.29, 0.717) is 12.0 Å². The van der Waals surface area contributed by atoms with Crippen LogP contribution in [0.15, 0.2) is 41.3 Å². The lowest BCUT2D eigenvalue weighted by Crippen LogP contribution is -2.47. The molecule has 31 heavy (non-hydrogen) atoms. The topological polar surface area (TPSA) is 132 Å². The third-order valence-electron chi connectivity index (χ3n) is 4.84. The highest BCUT2D eigenvalue weighted by Gasteiger charge is 2.25. The zero-order chi connectivity index (χ0) is 22.9. The Morgan fingerprint density at radius 1 is 1.29 bits per heavy atom. The van der Waals surface area contributed by atoms with Crippen molar-refractivity contribution in [2.75, 3.05) is 13.3 Å². The van der Waals surface area contributed by atoms with Crippen LogP contribution in [-0.2, 0) is 16.4 Å². The molecule has 164 valence electrons. The second-order valence-electron chi connectivity index (χ2n) is 7.15. The van der Waals surface area contributed by atoms with E-state index >= 15 is 0 Å². The van der Waals surface area contributed by atoms with Crippen LogP contribution in [0.25, 0.3) is 11.0 Å². The summed E-state index contributed by atoms with van der Waals surface area (Å²) in [5.41, 5.74) is 0.345. The number of halogens is 1. The van der Waals surface area contributed by atoms with Crippen LogP contribution >= 0.6 is 0 Å². The Kier molecular flexibility index (Phi) is 6.09. The van der Waals surface area contributed by atoms with E-state index in [2.05, 4.69) is 15.3 Å². The van der Waals surface area contributed by atoms with Crippen LogP contribution in [0, 0.1) is 5.82 Å². The van der Waals surface area contributed by atoms with E-state index in [4.69, 9.17) is 0 Å². The molecule has 0 spiro atoms. The molecule has 2 aromatic heterocycles. The van der Waals surface area contributed by atoms with Crippen LogP contribution in [0.1, 0.15) is 28.4 Å². The number of hydrogen-bond donors (Lipinski definition) is 3. The SMILES string of the molecule is CC(NC(=O)c1c(O)c2ncc(Cc3ccc(F)cc3)cc2[nH]c1=O)N(C)S(C)(=O)=O. The molecule has 9 nitrogen and oxygen atoms in total. The molecule has 3 rings (SSSR count). The van der Waals surface area contributed by atoms with Gasteiger partial charge in [0.1, 0.15) is 16.9 Å². The van der Waals surface area contributed by atoms with Crippen molar-refractivity contribution in [1.82, 2.24) is 19.6 Å². The average molecular weight is 448 g/mol. The lowest BCUT2D eigenvalue weighted by molar-refractivity contribution is 0.0914. The predicted molar refractivity (Wildman–Crippen MR) is 113 cm³/mol. The van der Waals surface area contributed by atoms with Gasteiger partial charge in [0.15, 0.2) is 5.75 Å². The fourth-order valence-electron chi connectivity index (χ4n) is 2.99. The molecule has 0 bridgehead atoms. The number of carbonyl (C=O) groups is 1. The molecule has 1 unspecified atom stereocenters. The van der Waals surface area contributed by atoms with Gasteiger partial charge in [-0.2, -0.15) is 4.31 Å². The number of aromatic hydroxyl groups is 1. The van der Waals surface area contributed by atoms with Gasteiger partial charge in [-0.25, -0.2) is 12.8 Å². The first-order valence-electron chi connectivity index (χ1n) is 9.19. The van der Waals surface area contributed by atoms with Crippen molar-refractivity contribution in [3.63, 3.8) is 0 Å². The Morgan fingerprint density at radius 3 is 2.55 bits per heavy atom. The second kappa shape index (κ2) is 8.44. The highest BCUT2D eigenvalue weighted by molar-refractivity contribution is 7.88. The number of H-pyrrole nitrogens is 1. The summed E-state index contributed by atoms with van der Waals surface area (Å²) in [4.78, 5) is 31.7. The molecular formula is C20H21FN4O5S. The standard InChI is InChI=1S/C20H21FN4O5S/c1-11(25(2)31(3,29)30)23-19(27)16-18(26)17-15(24-20(16)28)9-13(10-22-17)8-12-4-6-14(21)7-5-12/h4-7,9-11H,8H2,1-3H3,(H,23,27)(H2,24,26,28). The van der Waals surface area contributed by atoms with E-state index in [-0.39, 0.29) is 16.9 Å². The maximum Gasteiger partial charge on any atom is 0.265 e. The molecule has 0 saturated carbocycles. The van der Waals surface area contributed by atoms with Crippen LogP contribution in [0.2, 0.25) is 0 Å². The van der Waals surface area contributed by atoms with E-state index in [0.717, 1.165) is 16.1 Å². The Balaban J connectivity index is 1.91. The highest BCUT2D eigenvalue weighted by atomic mass is 32.2. The number of aromatic amines is 1. The van der Waals surface area contributed by atoms with Gasteiger partial charge in [0, 0.05) is 13.2 Å². The minimum absolute atomic E-state index is 0.0109.